The number of carbonyl (C=O) groups excluding carboxylic acids is 2. The first-order chi connectivity index (χ1) is 15.9. The van der Waals surface area contributed by atoms with Crippen molar-refractivity contribution in [1.29, 1.82) is 0 Å². The van der Waals surface area contributed by atoms with Gasteiger partial charge < -0.3 is 14.7 Å². The Morgan fingerprint density at radius 1 is 0.970 bits per heavy atom. The molecule has 0 aliphatic carbocycles. The van der Waals surface area contributed by atoms with Gasteiger partial charge in [-0.05, 0) is 53.9 Å². The Morgan fingerprint density at radius 3 is 2.30 bits per heavy atom. The van der Waals surface area contributed by atoms with Gasteiger partial charge >= 0.3 is 0 Å². The van der Waals surface area contributed by atoms with Crippen LogP contribution in [0.4, 0.5) is 0 Å². The van der Waals surface area contributed by atoms with Crippen molar-refractivity contribution in [3.8, 4) is 5.75 Å². The van der Waals surface area contributed by atoms with Gasteiger partial charge in [0.15, 0.2) is 0 Å². The van der Waals surface area contributed by atoms with Gasteiger partial charge in [0.1, 0.15) is 11.5 Å². The molecule has 1 fully saturated rings. The van der Waals surface area contributed by atoms with E-state index in [0.717, 1.165) is 5.56 Å². The van der Waals surface area contributed by atoms with Crippen molar-refractivity contribution in [3.05, 3.63) is 105 Å². The van der Waals surface area contributed by atoms with Gasteiger partial charge in [-0.1, -0.05) is 59.6 Å². The van der Waals surface area contributed by atoms with Gasteiger partial charge in [0.25, 0.3) is 11.7 Å². The van der Waals surface area contributed by atoms with Gasteiger partial charge in [0.2, 0.25) is 0 Å². The lowest BCUT2D eigenvalue weighted by molar-refractivity contribution is -0.139. The monoisotopic (exact) mass is 481 g/mol. The molecule has 4 rings (SSSR count). The van der Waals surface area contributed by atoms with E-state index in [1.807, 2.05) is 30.3 Å². The van der Waals surface area contributed by atoms with Crippen LogP contribution < -0.4 is 4.74 Å². The molecule has 3 aromatic carbocycles. The first-order valence-corrected chi connectivity index (χ1v) is 11.1. The van der Waals surface area contributed by atoms with Gasteiger partial charge in [0, 0.05) is 12.1 Å². The van der Waals surface area contributed by atoms with Crippen molar-refractivity contribution >= 4 is 40.7 Å². The molecule has 1 atom stereocenters. The maximum Gasteiger partial charge on any atom is 0.295 e. The SMILES string of the molecule is COc1ccc(C(O)=C2C(=O)C(=O)N(CCc3ccccc3)C2c2ccc(Cl)c(Cl)c2)cc1. The van der Waals surface area contributed by atoms with Crippen LogP contribution in [0, 0.1) is 0 Å². The number of aliphatic hydroxyl groups excluding tert-OH is 1. The third kappa shape index (κ3) is 4.61. The van der Waals surface area contributed by atoms with Gasteiger partial charge in [-0.3, -0.25) is 9.59 Å². The Hall–Kier alpha value is -3.28. The summed E-state index contributed by atoms with van der Waals surface area (Å²) in [5, 5.41) is 11.8. The lowest BCUT2D eigenvalue weighted by Crippen LogP contribution is -2.31. The van der Waals surface area contributed by atoms with E-state index in [-0.39, 0.29) is 11.3 Å². The number of benzene rings is 3. The van der Waals surface area contributed by atoms with Crippen molar-refractivity contribution in [2.45, 2.75) is 12.5 Å². The number of halogens is 2. The first-order valence-electron chi connectivity index (χ1n) is 10.3. The second kappa shape index (κ2) is 9.69. The van der Waals surface area contributed by atoms with Crippen LogP contribution in [0.15, 0.2) is 78.4 Å². The van der Waals surface area contributed by atoms with E-state index in [2.05, 4.69) is 0 Å². The topological polar surface area (TPSA) is 66.8 Å². The molecular formula is C26H21Cl2NO4. The van der Waals surface area contributed by atoms with Crippen LogP contribution >= 0.6 is 23.2 Å². The zero-order chi connectivity index (χ0) is 23.5. The summed E-state index contributed by atoms with van der Waals surface area (Å²) in [6.07, 6.45) is 0.550. The third-order valence-corrected chi connectivity index (χ3v) is 6.39. The van der Waals surface area contributed by atoms with Crippen molar-refractivity contribution in [2.75, 3.05) is 13.7 Å². The Labute approximate surface area is 201 Å². The van der Waals surface area contributed by atoms with Crippen LogP contribution in [-0.2, 0) is 16.0 Å². The van der Waals surface area contributed by atoms with Crippen molar-refractivity contribution in [1.82, 2.24) is 4.90 Å². The number of ether oxygens (including phenoxy) is 1. The van der Waals surface area contributed by atoms with E-state index in [4.69, 9.17) is 27.9 Å². The summed E-state index contributed by atoms with van der Waals surface area (Å²) in [4.78, 5) is 27.6. The Balaban J connectivity index is 1.79. The fourth-order valence-corrected chi connectivity index (χ4v) is 4.24. The molecule has 1 saturated heterocycles. The molecule has 0 spiro atoms. The summed E-state index contributed by atoms with van der Waals surface area (Å²) in [6.45, 7) is 0.291. The van der Waals surface area contributed by atoms with Crippen LogP contribution in [0.5, 0.6) is 5.75 Å². The van der Waals surface area contributed by atoms with Crippen LogP contribution in [0.1, 0.15) is 22.7 Å². The average Bonchev–Trinajstić information content (AvgIpc) is 3.09. The standard InChI is InChI=1S/C26H21Cl2NO4/c1-33-19-10-7-17(8-11-19)24(30)22-23(18-9-12-20(27)21(28)15-18)29(26(32)25(22)31)14-13-16-5-3-2-4-6-16/h2-12,15,23,30H,13-14H2,1H3. The molecule has 1 N–H and O–H groups in total. The maximum atomic E-state index is 13.1. The van der Waals surface area contributed by atoms with E-state index < -0.39 is 17.7 Å². The summed E-state index contributed by atoms with van der Waals surface area (Å²) in [5.41, 5.74) is 2.03. The Bertz CT molecular complexity index is 1220. The molecule has 7 heteroatoms. The Morgan fingerprint density at radius 2 is 1.67 bits per heavy atom. The molecule has 1 aliphatic rings. The number of nitrogens with zero attached hydrogens (tertiary/aromatic N) is 1. The number of hydrogen-bond donors (Lipinski definition) is 1. The number of carbonyl (C=O) groups is 2. The molecule has 0 aromatic heterocycles. The van der Waals surface area contributed by atoms with Crippen molar-refractivity contribution in [2.24, 2.45) is 0 Å². The molecule has 0 saturated carbocycles. The van der Waals surface area contributed by atoms with Crippen molar-refractivity contribution < 1.29 is 19.4 Å². The van der Waals surface area contributed by atoms with Gasteiger partial charge in [0.05, 0.1) is 28.8 Å². The predicted octanol–water partition coefficient (Wildman–Crippen LogP) is 5.67. The molecule has 1 aliphatic heterocycles. The number of hydrogen-bond acceptors (Lipinski definition) is 4. The largest absolute Gasteiger partial charge is 0.507 e. The molecule has 5 nitrogen and oxygen atoms in total. The number of Topliss-reactive ketones (excluding diaryl/α,β-unsaturated/α-hetero) is 1. The zero-order valence-corrected chi connectivity index (χ0v) is 19.3. The highest BCUT2D eigenvalue weighted by molar-refractivity contribution is 6.46. The highest BCUT2D eigenvalue weighted by Crippen LogP contribution is 2.41. The fraction of sp³-hybridized carbons (Fsp3) is 0.154. The van der Waals surface area contributed by atoms with Crippen LogP contribution in [0.25, 0.3) is 5.76 Å². The van der Waals surface area contributed by atoms with Crippen LogP contribution in [0.3, 0.4) is 0 Å². The minimum absolute atomic E-state index is 0.0108. The highest BCUT2D eigenvalue weighted by atomic mass is 35.5. The number of ketones is 1. The average molecular weight is 482 g/mol. The van der Waals surface area contributed by atoms with E-state index in [0.29, 0.717) is 39.9 Å². The van der Waals surface area contributed by atoms with Crippen LogP contribution in [-0.4, -0.2) is 35.4 Å². The Kier molecular flexibility index (Phi) is 6.72. The quantitative estimate of drug-likeness (QED) is 0.280. The fourth-order valence-electron chi connectivity index (χ4n) is 3.94. The second-order valence-electron chi connectivity index (χ2n) is 7.63. The molecule has 1 heterocycles. The van der Waals surface area contributed by atoms with E-state index in [9.17, 15) is 14.7 Å². The minimum Gasteiger partial charge on any atom is -0.507 e. The normalized spacial score (nSPS) is 17.4. The molecule has 1 unspecified atom stereocenters. The van der Waals surface area contributed by atoms with E-state index >= 15 is 0 Å². The van der Waals surface area contributed by atoms with E-state index in [1.54, 1.807) is 42.5 Å². The number of methoxy groups -OCH3 is 1. The summed E-state index contributed by atoms with van der Waals surface area (Å²) in [6, 6.07) is 20.4. The van der Waals surface area contributed by atoms with E-state index in [1.165, 1.54) is 12.0 Å². The molecule has 0 bridgehead atoms. The summed E-state index contributed by atoms with van der Waals surface area (Å²) < 4.78 is 5.16. The predicted molar refractivity (Wildman–Crippen MR) is 129 cm³/mol. The molecule has 1 amide bonds. The van der Waals surface area contributed by atoms with Crippen LogP contribution in [0.2, 0.25) is 10.0 Å². The van der Waals surface area contributed by atoms with Gasteiger partial charge in [-0.25, -0.2) is 0 Å². The lowest BCUT2D eigenvalue weighted by Gasteiger charge is -2.25. The van der Waals surface area contributed by atoms with Gasteiger partial charge in [-0.15, -0.1) is 0 Å². The highest BCUT2D eigenvalue weighted by Gasteiger charge is 2.46. The molecule has 0 radical (unpaired) electrons. The smallest absolute Gasteiger partial charge is 0.295 e. The molecule has 3 aromatic rings. The summed E-state index contributed by atoms with van der Waals surface area (Å²) in [5.74, 6) is -1.06. The second-order valence-corrected chi connectivity index (χ2v) is 8.44. The number of likely N-dealkylation sites (tertiary alicyclic amines) is 1. The summed E-state index contributed by atoms with van der Waals surface area (Å²) in [7, 11) is 1.54. The molecule has 33 heavy (non-hydrogen) atoms. The molecular weight excluding hydrogens is 461 g/mol. The summed E-state index contributed by atoms with van der Waals surface area (Å²) >= 11 is 12.3. The number of rotatable bonds is 6. The first kappa shape index (κ1) is 22.9. The molecule has 168 valence electrons. The zero-order valence-electron chi connectivity index (χ0n) is 17.8. The number of aliphatic hydroxyl groups is 1. The van der Waals surface area contributed by atoms with Crippen molar-refractivity contribution in [3.63, 3.8) is 0 Å². The third-order valence-electron chi connectivity index (χ3n) is 5.65. The minimum atomic E-state index is -0.800. The maximum absolute atomic E-state index is 13.1. The number of amides is 1. The lowest BCUT2D eigenvalue weighted by atomic mass is 9.95. The van der Waals surface area contributed by atoms with Gasteiger partial charge in [-0.2, -0.15) is 0 Å².